The van der Waals surface area contributed by atoms with Gasteiger partial charge in [0.05, 0.1) is 11.9 Å². The van der Waals surface area contributed by atoms with Gasteiger partial charge in [-0.3, -0.25) is 9.78 Å². The minimum atomic E-state index is -0.494. The molecule has 0 aliphatic carbocycles. The summed E-state index contributed by atoms with van der Waals surface area (Å²) in [5.41, 5.74) is 4.90. The van der Waals surface area contributed by atoms with Gasteiger partial charge >= 0.3 is 5.91 Å². The molecule has 0 radical (unpaired) electrons. The van der Waals surface area contributed by atoms with Crippen LogP contribution in [0.1, 0.15) is 16.2 Å². The highest BCUT2D eigenvalue weighted by molar-refractivity contribution is 5.92. The number of nitrogens with zero attached hydrogens (tertiary/aromatic N) is 5. The molecule has 0 aliphatic rings. The average molecular weight is 368 g/mol. The standard InChI is InChI=1S/C21H16N6O/c28-21(25-23-15-16-8-7-13-22-14-16)19-24-20(17-9-3-1-4-10-17)27(26-19)18-11-5-2-6-12-18/h1-15H,(H,25,28). The highest BCUT2D eigenvalue weighted by atomic mass is 16.2. The van der Waals surface area contributed by atoms with Gasteiger partial charge in [0.15, 0.2) is 5.82 Å². The molecule has 7 nitrogen and oxygen atoms in total. The van der Waals surface area contributed by atoms with Gasteiger partial charge in [-0.05, 0) is 18.2 Å². The highest BCUT2D eigenvalue weighted by Gasteiger charge is 2.18. The third kappa shape index (κ3) is 3.83. The number of hydrazone groups is 1. The maximum absolute atomic E-state index is 12.5. The van der Waals surface area contributed by atoms with Crippen LogP contribution < -0.4 is 5.43 Å². The molecule has 2 aromatic heterocycles. The zero-order chi connectivity index (χ0) is 19.2. The van der Waals surface area contributed by atoms with Gasteiger partial charge in [-0.15, -0.1) is 5.10 Å². The Labute approximate surface area is 161 Å². The Morgan fingerprint density at radius 2 is 1.71 bits per heavy atom. The molecule has 0 bridgehead atoms. The zero-order valence-corrected chi connectivity index (χ0v) is 14.8. The molecular formula is C21H16N6O. The lowest BCUT2D eigenvalue weighted by molar-refractivity contribution is 0.0945. The Morgan fingerprint density at radius 3 is 2.43 bits per heavy atom. The van der Waals surface area contributed by atoms with Gasteiger partial charge in [-0.1, -0.05) is 54.6 Å². The van der Waals surface area contributed by atoms with Gasteiger partial charge < -0.3 is 0 Å². The largest absolute Gasteiger partial charge is 0.311 e. The van der Waals surface area contributed by atoms with Crippen LogP contribution in [-0.2, 0) is 0 Å². The number of pyridine rings is 1. The Bertz CT molecular complexity index is 1030. The van der Waals surface area contributed by atoms with Crippen molar-refractivity contribution in [3.8, 4) is 17.1 Å². The van der Waals surface area contributed by atoms with Crippen molar-refractivity contribution in [2.45, 2.75) is 0 Å². The molecule has 7 heteroatoms. The molecule has 1 N–H and O–H groups in total. The second-order valence-electron chi connectivity index (χ2n) is 5.86. The van der Waals surface area contributed by atoms with Crippen LogP contribution in [0.3, 0.4) is 0 Å². The molecule has 0 spiro atoms. The monoisotopic (exact) mass is 368 g/mol. The van der Waals surface area contributed by atoms with Crippen molar-refractivity contribution in [1.29, 1.82) is 0 Å². The third-order valence-electron chi connectivity index (χ3n) is 3.91. The van der Waals surface area contributed by atoms with E-state index < -0.39 is 5.91 Å². The van der Waals surface area contributed by atoms with E-state index in [1.54, 1.807) is 23.1 Å². The number of para-hydroxylation sites is 1. The first-order chi connectivity index (χ1) is 13.8. The summed E-state index contributed by atoms with van der Waals surface area (Å²) in [4.78, 5) is 20.9. The number of carbonyl (C=O) groups is 1. The van der Waals surface area contributed by atoms with E-state index in [9.17, 15) is 4.79 Å². The van der Waals surface area contributed by atoms with E-state index in [2.05, 4.69) is 25.6 Å². The summed E-state index contributed by atoms with van der Waals surface area (Å²) in [6, 6.07) is 22.8. The van der Waals surface area contributed by atoms with Crippen LogP contribution in [0.5, 0.6) is 0 Å². The van der Waals surface area contributed by atoms with Crippen molar-refractivity contribution in [3.05, 3.63) is 96.6 Å². The fraction of sp³-hybridized carbons (Fsp3) is 0. The van der Waals surface area contributed by atoms with Gasteiger partial charge in [-0.2, -0.15) is 5.10 Å². The Hall–Kier alpha value is -4.13. The SMILES string of the molecule is O=C(NN=Cc1cccnc1)c1nc(-c2ccccc2)n(-c2ccccc2)n1. The first-order valence-corrected chi connectivity index (χ1v) is 8.62. The van der Waals surface area contributed by atoms with Gasteiger partial charge in [0.2, 0.25) is 5.82 Å². The number of carbonyl (C=O) groups excluding carboxylic acids is 1. The molecule has 2 aromatic carbocycles. The van der Waals surface area contributed by atoms with Crippen molar-refractivity contribution in [1.82, 2.24) is 25.2 Å². The molecule has 2 heterocycles. The third-order valence-corrected chi connectivity index (χ3v) is 3.91. The lowest BCUT2D eigenvalue weighted by Crippen LogP contribution is -2.19. The Morgan fingerprint density at radius 1 is 0.964 bits per heavy atom. The van der Waals surface area contributed by atoms with Crippen LogP contribution in [0.15, 0.2) is 90.3 Å². The Balaban J connectivity index is 1.63. The van der Waals surface area contributed by atoms with E-state index in [-0.39, 0.29) is 5.82 Å². The number of hydrogen-bond donors (Lipinski definition) is 1. The normalized spacial score (nSPS) is 10.9. The number of amides is 1. The smallest absolute Gasteiger partial charge is 0.264 e. The molecular weight excluding hydrogens is 352 g/mol. The van der Waals surface area contributed by atoms with Crippen molar-refractivity contribution in [3.63, 3.8) is 0 Å². The van der Waals surface area contributed by atoms with Gasteiger partial charge in [0.25, 0.3) is 0 Å². The summed E-state index contributed by atoms with van der Waals surface area (Å²) >= 11 is 0. The molecule has 4 aromatic rings. The van der Waals surface area contributed by atoms with Crippen LogP contribution in [0.25, 0.3) is 17.1 Å². The summed E-state index contributed by atoms with van der Waals surface area (Å²) in [5, 5.41) is 8.34. The van der Waals surface area contributed by atoms with Crippen LogP contribution in [0.4, 0.5) is 0 Å². The zero-order valence-electron chi connectivity index (χ0n) is 14.8. The molecule has 1 amide bonds. The summed E-state index contributed by atoms with van der Waals surface area (Å²) in [6.45, 7) is 0. The summed E-state index contributed by atoms with van der Waals surface area (Å²) in [5.74, 6) is 0.117. The predicted molar refractivity (Wildman–Crippen MR) is 106 cm³/mol. The fourth-order valence-corrected chi connectivity index (χ4v) is 2.60. The lowest BCUT2D eigenvalue weighted by Gasteiger charge is -2.05. The van der Waals surface area contributed by atoms with Crippen molar-refractivity contribution >= 4 is 12.1 Å². The van der Waals surface area contributed by atoms with Gasteiger partial charge in [0.1, 0.15) is 0 Å². The van der Waals surface area contributed by atoms with Crippen molar-refractivity contribution in [2.24, 2.45) is 5.10 Å². The van der Waals surface area contributed by atoms with E-state index in [1.165, 1.54) is 6.21 Å². The average Bonchev–Trinajstić information content (AvgIpc) is 3.21. The fourth-order valence-electron chi connectivity index (χ4n) is 2.60. The molecule has 4 rings (SSSR count). The van der Waals surface area contributed by atoms with Crippen molar-refractivity contribution in [2.75, 3.05) is 0 Å². The minimum absolute atomic E-state index is 0.0334. The maximum atomic E-state index is 12.5. The molecule has 0 aliphatic heterocycles. The summed E-state index contributed by atoms with van der Waals surface area (Å²) in [6.07, 6.45) is 4.82. The van der Waals surface area contributed by atoms with Gasteiger partial charge in [-0.25, -0.2) is 15.1 Å². The van der Waals surface area contributed by atoms with Crippen LogP contribution in [0.2, 0.25) is 0 Å². The van der Waals surface area contributed by atoms with E-state index in [4.69, 9.17) is 0 Å². The predicted octanol–water partition coefficient (Wildman–Crippen LogP) is 3.09. The molecule has 136 valence electrons. The number of rotatable bonds is 5. The molecule has 0 unspecified atom stereocenters. The molecule has 0 saturated carbocycles. The van der Waals surface area contributed by atoms with Crippen molar-refractivity contribution < 1.29 is 4.79 Å². The summed E-state index contributed by atoms with van der Waals surface area (Å²) < 4.78 is 1.65. The number of aromatic nitrogens is 4. The molecule has 0 fully saturated rings. The van der Waals surface area contributed by atoms with E-state index >= 15 is 0 Å². The van der Waals surface area contributed by atoms with E-state index in [0.29, 0.717) is 5.82 Å². The molecule has 0 atom stereocenters. The maximum Gasteiger partial charge on any atom is 0.311 e. The van der Waals surface area contributed by atoms with Crippen LogP contribution in [-0.4, -0.2) is 31.9 Å². The Kier molecular flexibility index (Phi) is 4.97. The topological polar surface area (TPSA) is 85.1 Å². The lowest BCUT2D eigenvalue weighted by atomic mass is 10.2. The second-order valence-corrected chi connectivity index (χ2v) is 5.86. The highest BCUT2D eigenvalue weighted by Crippen LogP contribution is 2.20. The van der Waals surface area contributed by atoms with Crippen LogP contribution in [0, 0.1) is 0 Å². The number of hydrogen-bond acceptors (Lipinski definition) is 5. The first kappa shape index (κ1) is 17.3. The van der Waals surface area contributed by atoms with E-state index in [0.717, 1.165) is 16.8 Å². The minimum Gasteiger partial charge on any atom is -0.264 e. The molecule has 28 heavy (non-hydrogen) atoms. The second kappa shape index (κ2) is 8.05. The summed E-state index contributed by atoms with van der Waals surface area (Å²) in [7, 11) is 0. The first-order valence-electron chi connectivity index (χ1n) is 8.62. The quantitative estimate of drug-likeness (QED) is 0.433. The number of benzene rings is 2. The van der Waals surface area contributed by atoms with Gasteiger partial charge in [0, 0.05) is 23.5 Å². The molecule has 0 saturated heterocycles. The van der Waals surface area contributed by atoms with E-state index in [1.807, 2.05) is 66.7 Å². The van der Waals surface area contributed by atoms with Crippen LogP contribution >= 0.6 is 0 Å². The number of nitrogens with one attached hydrogen (secondary N) is 1.